The molecule has 5 atom stereocenters. The third kappa shape index (κ3) is 10.6. The Morgan fingerprint density at radius 1 is 0.548 bits per heavy atom. The number of halogens is 3. The molecule has 8 rings (SSSR count). The van der Waals surface area contributed by atoms with E-state index in [1.165, 1.54) is 12.1 Å². The molecule has 0 radical (unpaired) electrons. The summed E-state index contributed by atoms with van der Waals surface area (Å²) < 4.78 is 87.9. The van der Waals surface area contributed by atoms with Crippen molar-refractivity contribution in [3.05, 3.63) is 198 Å². The number of rotatable bonds is 15. The molecule has 1 saturated heterocycles. The molecular formula is C50H44F3NO8. The summed E-state index contributed by atoms with van der Waals surface area (Å²) >= 11 is 0. The van der Waals surface area contributed by atoms with Gasteiger partial charge in [0, 0.05) is 5.92 Å². The lowest BCUT2D eigenvalue weighted by Gasteiger charge is -2.45. The van der Waals surface area contributed by atoms with Crippen LogP contribution in [-0.4, -0.2) is 62.1 Å². The van der Waals surface area contributed by atoms with Crippen molar-refractivity contribution in [3.63, 3.8) is 0 Å². The minimum absolute atomic E-state index is 0.0201. The molecule has 0 bridgehead atoms. The van der Waals surface area contributed by atoms with Crippen LogP contribution in [0.3, 0.4) is 0 Å². The molecule has 318 valence electrons. The SMILES string of the molecule is O=C(OCC1c2ccccc2-c2ccccc21)OC1C(OC(=Nc2ccccc2)C(F)(F)F)OC(COCc2ccccc2)C(OCc2ccccc2)C1OCc1ccccc1. The second-order valence-electron chi connectivity index (χ2n) is 14.8. The number of fused-ring (bicyclic) bond motifs is 3. The minimum atomic E-state index is -5.09. The third-order valence-electron chi connectivity index (χ3n) is 10.6. The predicted octanol–water partition coefficient (Wildman–Crippen LogP) is 10.7. The summed E-state index contributed by atoms with van der Waals surface area (Å²) in [5.41, 5.74) is 6.36. The van der Waals surface area contributed by atoms with Crippen LogP contribution < -0.4 is 0 Å². The first-order chi connectivity index (χ1) is 30.3. The number of hydrogen-bond donors (Lipinski definition) is 0. The molecule has 2 aliphatic rings. The topological polar surface area (TPSA) is 94.0 Å². The van der Waals surface area contributed by atoms with E-state index in [9.17, 15) is 18.0 Å². The molecule has 1 heterocycles. The van der Waals surface area contributed by atoms with E-state index in [0.717, 1.165) is 38.9 Å². The van der Waals surface area contributed by atoms with Gasteiger partial charge in [-0.1, -0.05) is 158 Å². The Morgan fingerprint density at radius 2 is 1.03 bits per heavy atom. The maximum absolute atomic E-state index is 14.9. The summed E-state index contributed by atoms with van der Waals surface area (Å²) in [7, 11) is 0. The van der Waals surface area contributed by atoms with Crippen LogP contribution in [0.5, 0.6) is 0 Å². The number of aliphatic imine (C=N–C) groups is 1. The molecule has 0 spiro atoms. The van der Waals surface area contributed by atoms with Crippen molar-refractivity contribution in [2.75, 3.05) is 13.2 Å². The van der Waals surface area contributed by atoms with E-state index in [1.54, 1.807) is 18.2 Å². The van der Waals surface area contributed by atoms with E-state index in [4.69, 9.17) is 33.2 Å². The second-order valence-corrected chi connectivity index (χ2v) is 14.8. The molecule has 1 aliphatic heterocycles. The maximum Gasteiger partial charge on any atom is 0.508 e. The van der Waals surface area contributed by atoms with Crippen LogP contribution >= 0.6 is 0 Å². The Labute approximate surface area is 357 Å². The summed E-state index contributed by atoms with van der Waals surface area (Å²) in [4.78, 5) is 17.8. The molecule has 0 aromatic heterocycles. The highest BCUT2D eigenvalue weighted by atomic mass is 19.4. The molecule has 0 N–H and O–H groups in total. The monoisotopic (exact) mass is 843 g/mol. The molecule has 0 amide bonds. The number of ether oxygens (including phenoxy) is 7. The summed E-state index contributed by atoms with van der Waals surface area (Å²) in [5.74, 6) is -1.94. The number of alkyl halides is 3. The second kappa shape index (κ2) is 20.0. The zero-order valence-corrected chi connectivity index (χ0v) is 33.5. The van der Waals surface area contributed by atoms with E-state index in [0.29, 0.717) is 0 Å². The average Bonchev–Trinajstić information content (AvgIpc) is 3.62. The zero-order chi connectivity index (χ0) is 42.7. The molecule has 62 heavy (non-hydrogen) atoms. The summed E-state index contributed by atoms with van der Waals surface area (Å²) in [6, 6.07) is 51.1. The molecular weight excluding hydrogens is 800 g/mol. The van der Waals surface area contributed by atoms with Crippen LogP contribution in [0.25, 0.3) is 11.1 Å². The normalized spacial score (nSPS) is 19.9. The Kier molecular flexibility index (Phi) is 13.7. The highest BCUT2D eigenvalue weighted by Crippen LogP contribution is 2.44. The Bertz CT molecular complexity index is 2340. The van der Waals surface area contributed by atoms with Crippen molar-refractivity contribution >= 4 is 17.7 Å². The highest BCUT2D eigenvalue weighted by molar-refractivity contribution is 5.84. The molecule has 6 aromatic carbocycles. The summed E-state index contributed by atoms with van der Waals surface area (Å²) in [5, 5.41) is 0. The third-order valence-corrected chi connectivity index (χ3v) is 10.6. The fourth-order valence-corrected chi connectivity index (χ4v) is 7.65. The molecule has 9 nitrogen and oxygen atoms in total. The standard InChI is InChI=1S/C50H44F3NO8/c51-50(52,53)48(54-37-23-11-4-12-24-37)62-47-46(61-49(55)59-32-42-40-27-15-13-25-38(40)39-26-14-16-28-41(39)42)45(58-31-36-21-9-3-10-22-36)44(57-30-35-19-7-2-8-20-35)43(60-47)33-56-29-34-17-5-1-6-18-34/h1-28,42-47H,29-33H2. The van der Waals surface area contributed by atoms with Gasteiger partial charge >= 0.3 is 12.3 Å². The first-order valence-corrected chi connectivity index (χ1v) is 20.3. The van der Waals surface area contributed by atoms with Crippen LogP contribution in [-0.2, 0) is 53.0 Å². The zero-order valence-electron chi connectivity index (χ0n) is 33.5. The van der Waals surface area contributed by atoms with Gasteiger partial charge < -0.3 is 33.2 Å². The molecule has 12 heteroatoms. The van der Waals surface area contributed by atoms with Crippen LogP contribution in [0.4, 0.5) is 23.7 Å². The highest BCUT2D eigenvalue weighted by Gasteiger charge is 2.53. The van der Waals surface area contributed by atoms with E-state index < -0.39 is 48.9 Å². The van der Waals surface area contributed by atoms with Crippen LogP contribution in [0.15, 0.2) is 175 Å². The molecule has 6 aromatic rings. The smallest absolute Gasteiger partial charge is 0.440 e. The van der Waals surface area contributed by atoms with E-state index in [1.807, 2.05) is 140 Å². The van der Waals surface area contributed by atoms with Crippen molar-refractivity contribution in [1.29, 1.82) is 0 Å². The predicted molar refractivity (Wildman–Crippen MR) is 225 cm³/mol. The van der Waals surface area contributed by atoms with Gasteiger partial charge in [-0.25, -0.2) is 9.79 Å². The Hall–Kier alpha value is -6.31. The van der Waals surface area contributed by atoms with Gasteiger partial charge in [0.25, 0.3) is 5.90 Å². The van der Waals surface area contributed by atoms with Gasteiger partial charge in [-0.15, -0.1) is 0 Å². The lowest BCUT2D eigenvalue weighted by atomic mass is 9.97. The van der Waals surface area contributed by atoms with Crippen LogP contribution in [0.1, 0.15) is 33.7 Å². The van der Waals surface area contributed by atoms with Gasteiger partial charge in [0.1, 0.15) is 24.9 Å². The van der Waals surface area contributed by atoms with Gasteiger partial charge in [-0.05, 0) is 51.1 Å². The molecule has 5 unspecified atom stereocenters. The largest absolute Gasteiger partial charge is 0.508 e. The first-order valence-electron chi connectivity index (χ1n) is 20.3. The van der Waals surface area contributed by atoms with Gasteiger partial charge in [-0.2, -0.15) is 13.2 Å². The molecule has 1 fully saturated rings. The minimum Gasteiger partial charge on any atom is -0.440 e. The quantitative estimate of drug-likeness (QED) is 0.0573. The lowest BCUT2D eigenvalue weighted by Crippen LogP contribution is -2.62. The summed E-state index contributed by atoms with van der Waals surface area (Å²) in [6.45, 7) is -0.0868. The lowest BCUT2D eigenvalue weighted by molar-refractivity contribution is -0.307. The number of hydrogen-bond acceptors (Lipinski definition) is 9. The van der Waals surface area contributed by atoms with E-state index in [2.05, 4.69) is 4.99 Å². The average molecular weight is 844 g/mol. The van der Waals surface area contributed by atoms with Crippen LogP contribution in [0.2, 0.25) is 0 Å². The van der Waals surface area contributed by atoms with Crippen molar-refractivity contribution < 1.29 is 51.1 Å². The molecule has 1 aliphatic carbocycles. The van der Waals surface area contributed by atoms with Crippen molar-refractivity contribution in [1.82, 2.24) is 0 Å². The fraction of sp³-hybridized carbons (Fsp3) is 0.240. The summed E-state index contributed by atoms with van der Waals surface area (Å²) in [6.07, 6.45) is -13.3. The Balaban J connectivity index is 1.14. The number of carbonyl (C=O) groups excluding carboxylic acids is 1. The number of para-hydroxylation sites is 1. The van der Waals surface area contributed by atoms with E-state index in [-0.39, 0.29) is 44.6 Å². The van der Waals surface area contributed by atoms with Crippen molar-refractivity contribution in [2.24, 2.45) is 4.99 Å². The van der Waals surface area contributed by atoms with E-state index >= 15 is 0 Å². The van der Waals surface area contributed by atoms with Gasteiger partial charge in [0.2, 0.25) is 6.29 Å². The number of benzene rings is 6. The van der Waals surface area contributed by atoms with Crippen molar-refractivity contribution in [2.45, 2.75) is 62.6 Å². The fourth-order valence-electron chi connectivity index (χ4n) is 7.65. The Morgan fingerprint density at radius 3 is 1.58 bits per heavy atom. The van der Waals surface area contributed by atoms with Gasteiger partial charge in [0.15, 0.2) is 6.10 Å². The number of carbonyl (C=O) groups is 1. The maximum atomic E-state index is 14.9. The number of nitrogens with zero attached hydrogens (tertiary/aromatic N) is 1. The first kappa shape index (κ1) is 42.4. The van der Waals surface area contributed by atoms with Gasteiger partial charge in [0.05, 0.1) is 32.1 Å². The molecule has 0 saturated carbocycles. The van der Waals surface area contributed by atoms with Crippen LogP contribution in [0, 0.1) is 0 Å². The van der Waals surface area contributed by atoms with Gasteiger partial charge in [-0.3, -0.25) is 0 Å². The van der Waals surface area contributed by atoms with Crippen molar-refractivity contribution in [3.8, 4) is 11.1 Å².